The average Bonchev–Trinajstić information content (AvgIpc) is 3.08. The van der Waals surface area contributed by atoms with Crippen LogP contribution in [0, 0.1) is 0 Å². The van der Waals surface area contributed by atoms with E-state index in [1.54, 1.807) is 28.8 Å². The van der Waals surface area contributed by atoms with E-state index >= 15 is 0 Å². The highest BCUT2D eigenvalue weighted by atomic mass is 35.5. The summed E-state index contributed by atoms with van der Waals surface area (Å²) in [5.41, 5.74) is 2.35. The number of carbonyl (C=O) groups is 1. The molecule has 1 aromatic heterocycles. The molecule has 3 heterocycles. The van der Waals surface area contributed by atoms with Crippen LogP contribution in [0.2, 0.25) is 5.02 Å². The van der Waals surface area contributed by atoms with E-state index < -0.39 is 0 Å². The quantitative estimate of drug-likeness (QED) is 0.266. The van der Waals surface area contributed by atoms with E-state index in [0.29, 0.717) is 65.1 Å². The van der Waals surface area contributed by atoms with Crippen LogP contribution in [0.1, 0.15) is 38.2 Å². The largest absolute Gasteiger partial charge is 0.489 e. The van der Waals surface area contributed by atoms with Gasteiger partial charge in [-0.2, -0.15) is 0 Å². The number of halogens is 1. The first-order valence-electron chi connectivity index (χ1n) is 16.4. The minimum atomic E-state index is -0.210. The van der Waals surface area contributed by atoms with Gasteiger partial charge < -0.3 is 19.7 Å². The van der Waals surface area contributed by atoms with E-state index in [-0.39, 0.29) is 30.2 Å². The standard InChI is InChI=1S/C36H43ClN6O4/c1-25(2)47-33-13-8-27(23-40-16-14-38-15-17-40)22-32(33)43-35(39-31-7-5-4-6-30(31)36(43)45)26(3)41-18-20-42(21-19-41)34(44)24-46-29-11-9-28(37)10-12-29/h4-13,22,25-26,38H,14-21,23-24H2,1-3H3. The third kappa shape index (κ3) is 7.79. The Balaban J connectivity index is 1.28. The van der Waals surface area contributed by atoms with E-state index in [2.05, 4.69) is 34.2 Å². The van der Waals surface area contributed by atoms with Gasteiger partial charge in [0.05, 0.1) is 28.7 Å². The van der Waals surface area contributed by atoms with Gasteiger partial charge >= 0.3 is 0 Å². The monoisotopic (exact) mass is 658 g/mol. The molecule has 0 radical (unpaired) electrons. The highest BCUT2D eigenvalue weighted by Crippen LogP contribution is 2.30. The lowest BCUT2D eigenvalue weighted by atomic mass is 10.1. The number of para-hydroxylation sites is 1. The van der Waals surface area contributed by atoms with E-state index in [1.807, 2.05) is 49.1 Å². The molecule has 2 fully saturated rings. The van der Waals surface area contributed by atoms with Gasteiger partial charge in [-0.3, -0.25) is 24.0 Å². The van der Waals surface area contributed by atoms with E-state index in [1.165, 1.54) is 0 Å². The number of nitrogens with zero attached hydrogens (tertiary/aromatic N) is 5. The van der Waals surface area contributed by atoms with Crippen molar-refractivity contribution in [3.63, 3.8) is 0 Å². The van der Waals surface area contributed by atoms with Gasteiger partial charge in [0.15, 0.2) is 6.61 Å². The molecule has 0 aliphatic carbocycles. The first-order valence-corrected chi connectivity index (χ1v) is 16.8. The molecule has 0 saturated carbocycles. The molecular weight excluding hydrogens is 616 g/mol. The van der Waals surface area contributed by atoms with Gasteiger partial charge in [-0.1, -0.05) is 29.8 Å². The number of hydrogen-bond acceptors (Lipinski definition) is 8. The molecule has 3 aromatic carbocycles. The first-order chi connectivity index (χ1) is 22.8. The van der Waals surface area contributed by atoms with E-state index in [4.69, 9.17) is 26.1 Å². The Morgan fingerprint density at radius 1 is 0.936 bits per heavy atom. The molecule has 10 nitrogen and oxygen atoms in total. The van der Waals surface area contributed by atoms with Gasteiger partial charge in [0, 0.05) is 63.9 Å². The number of carbonyl (C=O) groups excluding carboxylic acids is 1. The van der Waals surface area contributed by atoms with Crippen molar-refractivity contribution in [3.05, 3.63) is 93.5 Å². The van der Waals surface area contributed by atoms with Crippen LogP contribution in [0.25, 0.3) is 16.6 Å². The van der Waals surface area contributed by atoms with E-state index in [9.17, 15) is 9.59 Å². The molecule has 0 spiro atoms. The lowest BCUT2D eigenvalue weighted by Gasteiger charge is -2.38. The molecule has 0 bridgehead atoms. The second kappa shape index (κ2) is 14.9. The molecule has 6 rings (SSSR count). The maximum absolute atomic E-state index is 14.4. The summed E-state index contributed by atoms with van der Waals surface area (Å²) in [6, 6.07) is 20.4. The predicted octanol–water partition coefficient (Wildman–Crippen LogP) is 4.52. The molecular formula is C36H43ClN6O4. The molecule has 1 N–H and O–H groups in total. The summed E-state index contributed by atoms with van der Waals surface area (Å²) in [4.78, 5) is 39.0. The summed E-state index contributed by atoms with van der Waals surface area (Å²) in [6.07, 6.45) is -0.0768. The lowest BCUT2D eigenvalue weighted by Crippen LogP contribution is -2.51. The van der Waals surface area contributed by atoms with Gasteiger partial charge in [0.2, 0.25) is 0 Å². The van der Waals surface area contributed by atoms with Crippen molar-refractivity contribution in [2.75, 3.05) is 59.0 Å². The average molecular weight is 659 g/mol. The number of hydrogen-bond donors (Lipinski definition) is 1. The number of amides is 1. The van der Waals surface area contributed by atoms with Crippen molar-refractivity contribution in [1.29, 1.82) is 0 Å². The fraction of sp³-hybridized carbons (Fsp3) is 0.417. The topological polar surface area (TPSA) is 92.2 Å². The molecule has 1 atom stereocenters. The molecule has 2 saturated heterocycles. The zero-order valence-corrected chi connectivity index (χ0v) is 28.1. The van der Waals surface area contributed by atoms with Crippen molar-refractivity contribution < 1.29 is 14.3 Å². The van der Waals surface area contributed by atoms with Crippen LogP contribution in [0.3, 0.4) is 0 Å². The number of fused-ring (bicyclic) bond motifs is 1. The van der Waals surface area contributed by atoms with E-state index in [0.717, 1.165) is 38.3 Å². The maximum Gasteiger partial charge on any atom is 0.266 e. The van der Waals surface area contributed by atoms with Gasteiger partial charge in [-0.05, 0) is 74.9 Å². The molecule has 2 aliphatic rings. The zero-order chi connectivity index (χ0) is 32.9. The van der Waals surface area contributed by atoms with Gasteiger partial charge in [-0.15, -0.1) is 0 Å². The van der Waals surface area contributed by atoms with Crippen molar-refractivity contribution in [2.45, 2.75) is 39.5 Å². The minimum absolute atomic E-state index is 0.0358. The Kier molecular flexibility index (Phi) is 10.4. The SMILES string of the molecule is CC(C)Oc1ccc(CN2CCNCC2)cc1-n1c(C(C)N2CCN(C(=O)COc3ccc(Cl)cc3)CC2)nc2ccccc2c1=O. The summed E-state index contributed by atoms with van der Waals surface area (Å²) in [5, 5.41) is 4.59. The number of rotatable bonds is 10. The van der Waals surface area contributed by atoms with Gasteiger partial charge in [-0.25, -0.2) is 4.98 Å². The van der Waals surface area contributed by atoms with Crippen LogP contribution in [-0.2, 0) is 11.3 Å². The zero-order valence-electron chi connectivity index (χ0n) is 27.3. The predicted molar refractivity (Wildman–Crippen MR) is 185 cm³/mol. The Bertz CT molecular complexity index is 1750. The molecule has 47 heavy (non-hydrogen) atoms. The fourth-order valence-corrected chi connectivity index (χ4v) is 6.40. The van der Waals surface area contributed by atoms with Crippen LogP contribution in [-0.4, -0.2) is 95.2 Å². The van der Waals surface area contributed by atoms with Gasteiger partial charge in [0.1, 0.15) is 17.3 Å². The number of nitrogens with one attached hydrogen (secondary N) is 1. The Morgan fingerprint density at radius 2 is 1.66 bits per heavy atom. The van der Waals surface area contributed by atoms with Gasteiger partial charge in [0.25, 0.3) is 11.5 Å². The second-order valence-corrected chi connectivity index (χ2v) is 12.9. The first kappa shape index (κ1) is 33.0. The van der Waals surface area contributed by atoms with Crippen LogP contribution < -0.4 is 20.3 Å². The highest BCUT2D eigenvalue weighted by Gasteiger charge is 2.29. The van der Waals surface area contributed by atoms with Crippen LogP contribution >= 0.6 is 11.6 Å². The highest BCUT2D eigenvalue weighted by molar-refractivity contribution is 6.30. The minimum Gasteiger partial charge on any atom is -0.489 e. The summed E-state index contributed by atoms with van der Waals surface area (Å²) < 4.78 is 13.8. The molecule has 4 aromatic rings. The molecule has 1 unspecified atom stereocenters. The third-order valence-electron chi connectivity index (χ3n) is 8.81. The Hall–Kier alpha value is -3.96. The Labute approximate surface area is 280 Å². The van der Waals surface area contributed by atoms with Crippen molar-refractivity contribution in [1.82, 2.24) is 29.6 Å². The lowest BCUT2D eigenvalue weighted by molar-refractivity contribution is -0.135. The smallest absolute Gasteiger partial charge is 0.266 e. The van der Waals surface area contributed by atoms with Crippen molar-refractivity contribution in [3.8, 4) is 17.2 Å². The van der Waals surface area contributed by atoms with Crippen LogP contribution in [0.5, 0.6) is 11.5 Å². The van der Waals surface area contributed by atoms with Crippen molar-refractivity contribution >= 4 is 28.4 Å². The normalized spacial score (nSPS) is 16.8. The number of ether oxygens (including phenoxy) is 2. The summed E-state index contributed by atoms with van der Waals surface area (Å²) in [6.45, 7) is 13.1. The maximum atomic E-state index is 14.4. The fourth-order valence-electron chi connectivity index (χ4n) is 6.27. The van der Waals surface area contributed by atoms with Crippen molar-refractivity contribution in [2.24, 2.45) is 0 Å². The summed E-state index contributed by atoms with van der Waals surface area (Å²) >= 11 is 5.96. The Morgan fingerprint density at radius 3 is 2.38 bits per heavy atom. The van der Waals surface area contributed by atoms with Crippen LogP contribution in [0.4, 0.5) is 0 Å². The second-order valence-electron chi connectivity index (χ2n) is 12.5. The molecule has 2 aliphatic heterocycles. The molecule has 11 heteroatoms. The molecule has 248 valence electrons. The number of aromatic nitrogens is 2. The van der Waals surface area contributed by atoms with Crippen LogP contribution in [0.15, 0.2) is 71.5 Å². The number of benzene rings is 3. The number of piperazine rings is 2. The summed E-state index contributed by atoms with van der Waals surface area (Å²) in [5.74, 6) is 1.83. The molecule has 1 amide bonds. The third-order valence-corrected chi connectivity index (χ3v) is 9.06. The summed E-state index contributed by atoms with van der Waals surface area (Å²) in [7, 11) is 0.